The van der Waals surface area contributed by atoms with Gasteiger partial charge in [0, 0.05) is 17.3 Å². The smallest absolute Gasteiger partial charge is 0.228 e. The van der Waals surface area contributed by atoms with Gasteiger partial charge in [-0.2, -0.15) is 0 Å². The van der Waals surface area contributed by atoms with Gasteiger partial charge in [-0.05, 0) is 22.0 Å². The molecule has 0 fully saturated rings. The zero-order valence-electron chi connectivity index (χ0n) is 6.96. The number of hydrogen-bond donors (Lipinski definition) is 2. The van der Waals surface area contributed by atoms with E-state index in [4.69, 9.17) is 0 Å². The van der Waals surface area contributed by atoms with Crippen molar-refractivity contribution < 1.29 is 10.0 Å². The molecule has 1 aromatic rings. The Morgan fingerprint density at radius 3 is 2.79 bits per heavy atom. The molecular weight excluding hydrogens is 252 g/mol. The third-order valence-corrected chi connectivity index (χ3v) is 2.98. The van der Waals surface area contributed by atoms with Gasteiger partial charge in [-0.15, -0.1) is 0 Å². The summed E-state index contributed by atoms with van der Waals surface area (Å²) < 4.78 is 0.424. The van der Waals surface area contributed by atoms with E-state index in [9.17, 15) is 15.2 Å². The Kier molecular flexibility index (Phi) is 2.28. The molecule has 2 N–H and O–H groups in total. The number of amides is 1. The van der Waals surface area contributed by atoms with Crippen LogP contribution in [0, 0.1) is 10.4 Å². The molecule has 1 aromatic carbocycles. The fourth-order valence-electron chi connectivity index (χ4n) is 1.42. The van der Waals surface area contributed by atoms with Crippen molar-refractivity contribution in [1.29, 1.82) is 0 Å². The minimum absolute atomic E-state index is 0.0697. The summed E-state index contributed by atoms with van der Waals surface area (Å²) in [6.45, 7) is 0. The molecule has 0 saturated carbocycles. The average molecular weight is 258 g/mol. The molecule has 0 atom stereocenters. The Morgan fingerprint density at radius 2 is 2.14 bits per heavy atom. The highest BCUT2D eigenvalue weighted by Crippen LogP contribution is 2.33. The first-order valence-electron chi connectivity index (χ1n) is 3.92. The second kappa shape index (κ2) is 3.32. The summed E-state index contributed by atoms with van der Waals surface area (Å²) in [5, 5.41) is 22.7. The van der Waals surface area contributed by atoms with Crippen LogP contribution in [0.4, 0.5) is 11.4 Å². The first-order valence-corrected chi connectivity index (χ1v) is 4.71. The molecule has 5 nitrogen and oxygen atoms in total. The number of benzene rings is 1. The minimum Gasteiger partial charge on any atom is -0.628 e. The van der Waals surface area contributed by atoms with E-state index in [-0.39, 0.29) is 18.0 Å². The predicted molar refractivity (Wildman–Crippen MR) is 53.8 cm³/mol. The van der Waals surface area contributed by atoms with Gasteiger partial charge in [0.1, 0.15) is 5.69 Å². The van der Waals surface area contributed by atoms with Gasteiger partial charge in [-0.25, -0.2) is 0 Å². The molecule has 0 aromatic heterocycles. The quantitative estimate of drug-likeness (QED) is 0.718. The lowest BCUT2D eigenvalue weighted by Crippen LogP contribution is -2.96. The SMILES string of the molecule is O=C1Cc2c(ccc([NH+]([O-])[O-])c2Br)N1. The summed E-state index contributed by atoms with van der Waals surface area (Å²) >= 11 is 3.15. The summed E-state index contributed by atoms with van der Waals surface area (Å²) in [6.07, 6.45) is 0.205. The molecule has 1 aliphatic heterocycles. The van der Waals surface area contributed by atoms with Crippen LogP contribution in [-0.2, 0) is 11.2 Å². The van der Waals surface area contributed by atoms with Crippen molar-refractivity contribution in [2.75, 3.05) is 5.32 Å². The molecule has 1 aliphatic rings. The number of hydrogen-bond acceptors (Lipinski definition) is 3. The molecule has 0 unspecified atom stereocenters. The zero-order valence-corrected chi connectivity index (χ0v) is 8.55. The highest BCUT2D eigenvalue weighted by molar-refractivity contribution is 9.10. The Morgan fingerprint density at radius 1 is 1.43 bits per heavy atom. The lowest BCUT2D eigenvalue weighted by molar-refractivity contribution is -0.715. The van der Waals surface area contributed by atoms with E-state index in [0.717, 1.165) is 0 Å². The van der Waals surface area contributed by atoms with Gasteiger partial charge < -0.3 is 21.0 Å². The lowest BCUT2D eigenvalue weighted by atomic mass is 10.1. The van der Waals surface area contributed by atoms with E-state index in [2.05, 4.69) is 21.2 Å². The summed E-state index contributed by atoms with van der Waals surface area (Å²) in [7, 11) is 0. The van der Waals surface area contributed by atoms with Gasteiger partial charge >= 0.3 is 0 Å². The number of carbonyl (C=O) groups excluding carboxylic acids is 1. The molecule has 1 heterocycles. The van der Waals surface area contributed by atoms with Gasteiger partial charge in [0.25, 0.3) is 0 Å². The fraction of sp³-hybridized carbons (Fsp3) is 0.125. The van der Waals surface area contributed by atoms with Crippen LogP contribution in [-0.4, -0.2) is 5.91 Å². The van der Waals surface area contributed by atoms with Crippen LogP contribution in [0.5, 0.6) is 0 Å². The van der Waals surface area contributed by atoms with Crippen LogP contribution in [0.15, 0.2) is 16.6 Å². The van der Waals surface area contributed by atoms with Crippen molar-refractivity contribution in [3.8, 4) is 0 Å². The van der Waals surface area contributed by atoms with E-state index in [1.54, 1.807) is 6.07 Å². The van der Waals surface area contributed by atoms with Crippen LogP contribution in [0.1, 0.15) is 5.56 Å². The molecular formula is C8H6BrN2O3-. The maximum absolute atomic E-state index is 11.0. The van der Waals surface area contributed by atoms with Gasteiger partial charge in [0.15, 0.2) is 0 Å². The Labute approximate surface area is 88.0 Å². The summed E-state index contributed by atoms with van der Waals surface area (Å²) in [6, 6.07) is 2.97. The molecule has 2 rings (SSSR count). The monoisotopic (exact) mass is 257 g/mol. The number of fused-ring (bicyclic) bond motifs is 1. The molecule has 14 heavy (non-hydrogen) atoms. The Bertz CT molecular complexity index is 406. The van der Waals surface area contributed by atoms with Crippen LogP contribution < -0.4 is 10.5 Å². The Balaban J connectivity index is 2.53. The number of halogens is 1. The molecule has 0 saturated heterocycles. The second-order valence-corrected chi connectivity index (χ2v) is 3.76. The van der Waals surface area contributed by atoms with Crippen molar-refractivity contribution >= 4 is 33.2 Å². The summed E-state index contributed by atoms with van der Waals surface area (Å²) in [5.41, 5.74) is 1.41. The third kappa shape index (κ3) is 1.42. The molecule has 0 spiro atoms. The maximum Gasteiger partial charge on any atom is 0.228 e. The van der Waals surface area contributed by atoms with Crippen LogP contribution in [0.2, 0.25) is 0 Å². The molecule has 0 aliphatic carbocycles. The second-order valence-electron chi connectivity index (χ2n) is 2.97. The molecule has 0 radical (unpaired) electrons. The number of carbonyl (C=O) groups is 1. The van der Waals surface area contributed by atoms with E-state index < -0.39 is 5.23 Å². The highest BCUT2D eigenvalue weighted by Gasteiger charge is 2.22. The molecule has 0 bridgehead atoms. The van der Waals surface area contributed by atoms with Crippen LogP contribution in [0.25, 0.3) is 0 Å². The Hall–Kier alpha value is -0.950. The van der Waals surface area contributed by atoms with Crippen LogP contribution >= 0.6 is 15.9 Å². The van der Waals surface area contributed by atoms with E-state index >= 15 is 0 Å². The normalized spacial score (nSPS) is 14.4. The largest absolute Gasteiger partial charge is 0.628 e. The van der Waals surface area contributed by atoms with Gasteiger partial charge in [0.05, 0.1) is 10.9 Å². The van der Waals surface area contributed by atoms with E-state index in [1.807, 2.05) is 0 Å². The van der Waals surface area contributed by atoms with Crippen molar-refractivity contribution in [3.05, 3.63) is 32.6 Å². The van der Waals surface area contributed by atoms with E-state index in [0.29, 0.717) is 15.7 Å². The van der Waals surface area contributed by atoms with Gasteiger partial charge in [0.2, 0.25) is 5.91 Å². The van der Waals surface area contributed by atoms with Crippen molar-refractivity contribution in [1.82, 2.24) is 0 Å². The first-order chi connectivity index (χ1) is 6.59. The highest BCUT2D eigenvalue weighted by atomic mass is 79.9. The maximum atomic E-state index is 11.0. The third-order valence-electron chi connectivity index (χ3n) is 2.07. The van der Waals surface area contributed by atoms with E-state index in [1.165, 1.54) is 6.07 Å². The van der Waals surface area contributed by atoms with Crippen molar-refractivity contribution in [2.24, 2.45) is 0 Å². The standard InChI is InChI=1S/C8H6BrN2O3/c9-8-4-3-7(12)10-5(4)1-2-6(8)11(13)14/h1-2,11H,3H2,(H,10,12)/q-1. The number of rotatable bonds is 1. The average Bonchev–Trinajstić information content (AvgIpc) is 2.46. The molecule has 6 heteroatoms. The summed E-state index contributed by atoms with van der Waals surface area (Å²) in [5.74, 6) is -0.129. The predicted octanol–water partition coefficient (Wildman–Crippen LogP) is 0.456. The van der Waals surface area contributed by atoms with Gasteiger partial charge in [-0.3, -0.25) is 4.79 Å². The number of anilines is 1. The number of nitrogens with one attached hydrogen (secondary N) is 2. The van der Waals surface area contributed by atoms with Crippen molar-refractivity contribution in [2.45, 2.75) is 6.42 Å². The van der Waals surface area contributed by atoms with Crippen LogP contribution in [0.3, 0.4) is 0 Å². The zero-order chi connectivity index (χ0) is 10.3. The topological polar surface area (TPSA) is 79.7 Å². The van der Waals surface area contributed by atoms with Crippen molar-refractivity contribution in [3.63, 3.8) is 0 Å². The fourth-order valence-corrected chi connectivity index (χ4v) is 2.07. The molecule has 74 valence electrons. The first kappa shape index (κ1) is 9.60. The van der Waals surface area contributed by atoms with Gasteiger partial charge in [-0.1, -0.05) is 0 Å². The molecule has 1 amide bonds. The minimum atomic E-state index is -1.25. The summed E-state index contributed by atoms with van der Waals surface area (Å²) in [4.78, 5) is 11.0. The lowest BCUT2D eigenvalue weighted by Gasteiger charge is -2.26. The number of quaternary nitrogens is 1.